The van der Waals surface area contributed by atoms with Gasteiger partial charge in [-0.3, -0.25) is 0 Å². The van der Waals surface area contributed by atoms with Gasteiger partial charge >= 0.3 is 0 Å². The van der Waals surface area contributed by atoms with Crippen molar-refractivity contribution < 1.29 is 0 Å². The maximum Gasteiger partial charge on any atom is 0.125 e. The molecule has 0 radical (unpaired) electrons. The van der Waals surface area contributed by atoms with Crippen molar-refractivity contribution in [2.24, 2.45) is 0 Å². The highest BCUT2D eigenvalue weighted by molar-refractivity contribution is 9.10. The largest absolute Gasteiger partial charge is 0.229 e. The van der Waals surface area contributed by atoms with Crippen LogP contribution < -0.4 is 0 Å². The van der Waals surface area contributed by atoms with Gasteiger partial charge < -0.3 is 0 Å². The van der Waals surface area contributed by atoms with Crippen LogP contribution in [-0.2, 0) is 0 Å². The van der Waals surface area contributed by atoms with E-state index in [0.29, 0.717) is 0 Å². The Balaban J connectivity index is 2.23. The Morgan fingerprint density at radius 1 is 0.850 bits per heavy atom. The van der Waals surface area contributed by atoms with Crippen LogP contribution in [-0.4, -0.2) is 4.98 Å². The van der Waals surface area contributed by atoms with Crippen molar-refractivity contribution in [3.63, 3.8) is 0 Å². The van der Waals surface area contributed by atoms with Crippen molar-refractivity contribution >= 4 is 48.8 Å². The molecule has 1 heterocycles. The first kappa shape index (κ1) is 12.1. The van der Waals surface area contributed by atoms with Gasteiger partial charge in [0.25, 0.3) is 0 Å². The minimum absolute atomic E-state index is 0.898. The summed E-state index contributed by atoms with van der Waals surface area (Å²) in [5.74, 6) is 0. The highest BCUT2D eigenvalue weighted by atomic mass is 79.9. The third kappa shape index (κ3) is 1.86. The van der Waals surface area contributed by atoms with Crippen LogP contribution in [0.15, 0.2) is 64.6 Å². The Morgan fingerprint density at radius 3 is 2.00 bits per heavy atom. The zero-order valence-corrected chi connectivity index (χ0v) is 12.9. The lowest BCUT2D eigenvalue weighted by Crippen LogP contribution is -1.84. The van der Waals surface area contributed by atoms with Crippen molar-refractivity contribution in [3.05, 3.63) is 64.6 Å². The smallest absolute Gasteiger partial charge is 0.125 e. The van der Waals surface area contributed by atoms with E-state index in [1.54, 1.807) is 11.3 Å². The molecule has 3 aromatic carbocycles. The van der Waals surface area contributed by atoms with Gasteiger partial charge in [0.2, 0.25) is 0 Å². The molecule has 0 fully saturated rings. The third-order valence-corrected chi connectivity index (χ3v) is 5.03. The lowest BCUT2D eigenvalue weighted by atomic mass is 9.97. The van der Waals surface area contributed by atoms with E-state index in [2.05, 4.69) is 75.5 Å². The molecule has 20 heavy (non-hydrogen) atoms. The van der Waals surface area contributed by atoms with E-state index in [9.17, 15) is 0 Å². The second kappa shape index (κ2) is 4.69. The van der Waals surface area contributed by atoms with E-state index in [-0.39, 0.29) is 0 Å². The SMILES string of the molecule is Brc1csc(-c2c3ccccc3cc3ccccc23)n1. The van der Waals surface area contributed by atoms with Crippen molar-refractivity contribution in [3.8, 4) is 10.6 Å². The van der Waals surface area contributed by atoms with E-state index >= 15 is 0 Å². The third-order valence-electron chi connectivity index (χ3n) is 3.46. The molecule has 3 heteroatoms. The van der Waals surface area contributed by atoms with Crippen LogP contribution in [0.3, 0.4) is 0 Å². The maximum absolute atomic E-state index is 4.62. The first-order valence-corrected chi connectivity index (χ1v) is 8.02. The summed E-state index contributed by atoms with van der Waals surface area (Å²) in [6, 6.07) is 19.3. The summed E-state index contributed by atoms with van der Waals surface area (Å²) < 4.78 is 0.898. The molecule has 0 aliphatic heterocycles. The lowest BCUT2D eigenvalue weighted by molar-refractivity contribution is 1.37. The van der Waals surface area contributed by atoms with Crippen LogP contribution in [0.25, 0.3) is 32.1 Å². The zero-order chi connectivity index (χ0) is 13.5. The molecule has 1 aromatic heterocycles. The fourth-order valence-corrected chi connectivity index (χ4v) is 3.94. The average Bonchev–Trinajstić information content (AvgIpc) is 2.91. The molecule has 0 spiro atoms. The molecule has 0 aliphatic rings. The Morgan fingerprint density at radius 2 is 1.45 bits per heavy atom. The number of halogens is 1. The molecule has 4 aromatic rings. The summed E-state index contributed by atoms with van der Waals surface area (Å²) in [6.45, 7) is 0. The first-order valence-electron chi connectivity index (χ1n) is 6.35. The minimum atomic E-state index is 0.898. The van der Waals surface area contributed by atoms with E-state index < -0.39 is 0 Å². The number of benzene rings is 3. The second-order valence-electron chi connectivity index (χ2n) is 4.67. The predicted octanol–water partition coefficient (Wildman–Crippen LogP) is 5.88. The van der Waals surface area contributed by atoms with Gasteiger partial charge in [-0.1, -0.05) is 48.5 Å². The number of fused-ring (bicyclic) bond motifs is 2. The summed E-state index contributed by atoms with van der Waals surface area (Å²) in [7, 11) is 0. The van der Waals surface area contributed by atoms with Gasteiger partial charge in [0.1, 0.15) is 9.61 Å². The Labute approximate surface area is 129 Å². The van der Waals surface area contributed by atoms with Crippen molar-refractivity contribution in [2.45, 2.75) is 0 Å². The first-order chi connectivity index (χ1) is 9.83. The highest BCUT2D eigenvalue weighted by Gasteiger charge is 2.12. The molecular weight excluding hydrogens is 330 g/mol. The van der Waals surface area contributed by atoms with Crippen molar-refractivity contribution in [1.29, 1.82) is 0 Å². The van der Waals surface area contributed by atoms with E-state index in [0.717, 1.165) is 9.61 Å². The highest BCUT2D eigenvalue weighted by Crippen LogP contribution is 2.38. The van der Waals surface area contributed by atoms with Gasteiger partial charge in [-0.05, 0) is 43.5 Å². The number of hydrogen-bond acceptors (Lipinski definition) is 2. The van der Waals surface area contributed by atoms with Crippen LogP contribution in [0.2, 0.25) is 0 Å². The topological polar surface area (TPSA) is 12.9 Å². The molecule has 0 saturated heterocycles. The van der Waals surface area contributed by atoms with E-state index in [1.807, 2.05) is 5.38 Å². The monoisotopic (exact) mass is 339 g/mol. The lowest BCUT2D eigenvalue weighted by Gasteiger charge is -2.09. The quantitative estimate of drug-likeness (QED) is 0.394. The van der Waals surface area contributed by atoms with Gasteiger partial charge in [0.15, 0.2) is 0 Å². The predicted molar refractivity (Wildman–Crippen MR) is 90.3 cm³/mol. The number of hydrogen-bond donors (Lipinski definition) is 0. The Bertz CT molecular complexity index is 872. The summed E-state index contributed by atoms with van der Waals surface area (Å²) in [4.78, 5) is 4.62. The van der Waals surface area contributed by atoms with Gasteiger partial charge in [-0.2, -0.15) is 0 Å². The van der Waals surface area contributed by atoms with Gasteiger partial charge in [-0.25, -0.2) is 4.98 Å². The van der Waals surface area contributed by atoms with Crippen molar-refractivity contribution in [1.82, 2.24) is 4.98 Å². The van der Waals surface area contributed by atoms with Gasteiger partial charge in [0.05, 0.1) is 0 Å². The summed E-state index contributed by atoms with van der Waals surface area (Å²) in [5, 5.41) is 8.12. The number of thiazole rings is 1. The fourth-order valence-electron chi connectivity index (χ4n) is 2.61. The van der Waals surface area contributed by atoms with Crippen LogP contribution in [0.5, 0.6) is 0 Å². The maximum atomic E-state index is 4.62. The molecule has 0 unspecified atom stereocenters. The molecule has 0 aliphatic carbocycles. The molecular formula is C17H10BrNS. The molecule has 0 amide bonds. The molecule has 0 saturated carbocycles. The molecule has 0 atom stereocenters. The summed E-state index contributed by atoms with van der Waals surface area (Å²) in [6.07, 6.45) is 0. The van der Waals surface area contributed by atoms with Crippen LogP contribution >= 0.6 is 27.3 Å². The van der Waals surface area contributed by atoms with Crippen LogP contribution in [0, 0.1) is 0 Å². The van der Waals surface area contributed by atoms with Crippen LogP contribution in [0.1, 0.15) is 0 Å². The molecule has 4 rings (SSSR count). The Hall–Kier alpha value is -1.71. The fraction of sp³-hybridized carbons (Fsp3) is 0. The number of aromatic nitrogens is 1. The average molecular weight is 340 g/mol. The minimum Gasteiger partial charge on any atom is -0.229 e. The molecule has 96 valence electrons. The molecule has 0 bridgehead atoms. The number of rotatable bonds is 1. The Kier molecular flexibility index (Phi) is 2.83. The van der Waals surface area contributed by atoms with Crippen molar-refractivity contribution in [2.75, 3.05) is 0 Å². The second-order valence-corrected chi connectivity index (χ2v) is 6.34. The zero-order valence-electron chi connectivity index (χ0n) is 10.5. The van der Waals surface area contributed by atoms with Gasteiger partial charge in [0, 0.05) is 10.9 Å². The van der Waals surface area contributed by atoms with Gasteiger partial charge in [-0.15, -0.1) is 11.3 Å². The van der Waals surface area contributed by atoms with E-state index in [1.165, 1.54) is 27.1 Å². The molecule has 1 nitrogen and oxygen atoms in total. The summed E-state index contributed by atoms with van der Waals surface area (Å²) >= 11 is 5.13. The standard InChI is InChI=1S/C17H10BrNS/c18-15-10-20-17(19-15)16-13-7-3-1-5-11(13)9-12-6-2-4-8-14(12)16/h1-10H. The normalized spacial score (nSPS) is 11.2. The number of nitrogens with zero attached hydrogens (tertiary/aromatic N) is 1. The molecule has 0 N–H and O–H groups in total. The van der Waals surface area contributed by atoms with E-state index in [4.69, 9.17) is 0 Å². The van der Waals surface area contributed by atoms with Crippen LogP contribution in [0.4, 0.5) is 0 Å². The summed E-state index contributed by atoms with van der Waals surface area (Å²) in [5.41, 5.74) is 1.23.